The van der Waals surface area contributed by atoms with Gasteiger partial charge in [0.1, 0.15) is 24.4 Å². The molecule has 4 N–H and O–H groups in total. The van der Waals surface area contributed by atoms with Crippen LogP contribution in [0.2, 0.25) is 0 Å². The summed E-state index contributed by atoms with van der Waals surface area (Å²) in [4.78, 5) is 24.9. The van der Waals surface area contributed by atoms with Gasteiger partial charge in [0.05, 0.1) is 17.9 Å². The predicted octanol–water partition coefficient (Wildman–Crippen LogP) is 0.533. The molecule has 0 aromatic heterocycles. The van der Waals surface area contributed by atoms with E-state index in [1.165, 1.54) is 0 Å². The lowest BCUT2D eigenvalue weighted by Crippen LogP contribution is -2.65. The minimum absolute atomic E-state index is 0.0618. The zero-order valence-corrected chi connectivity index (χ0v) is 19.6. The SMILES string of the molecule is CCOCCCN(C(=O)N(CCCl)N=O)C(O)[C@H]1O[C@H](OC2CCCCC2)[C@H](O)[C@@H](O)[C@H]1O. The van der Waals surface area contributed by atoms with Gasteiger partial charge in [-0.15, -0.1) is 16.5 Å². The zero-order chi connectivity index (χ0) is 24.4. The number of alkyl halides is 1. The summed E-state index contributed by atoms with van der Waals surface area (Å²) in [5.41, 5.74) is 0. The standard InChI is InChI=1S/C20H36ClN3O9/c1-2-31-12-6-10-23(20(29)24(22-30)11-9-21)18(28)17-15(26)14(25)16(27)19(33-17)32-13-7-4-3-5-8-13/h13-19,25-28H,2-12H2,1H3/t14-,15+,16+,17-,18?,19-/m0/s1. The van der Waals surface area contributed by atoms with Crippen LogP contribution < -0.4 is 0 Å². The number of hydrogen-bond donors (Lipinski definition) is 4. The van der Waals surface area contributed by atoms with E-state index in [0.717, 1.165) is 37.0 Å². The van der Waals surface area contributed by atoms with E-state index in [1.807, 2.05) is 6.92 Å². The Kier molecular flexibility index (Phi) is 12.2. The molecule has 33 heavy (non-hydrogen) atoms. The number of hydrogen-bond acceptors (Lipinski definition) is 10. The van der Waals surface area contributed by atoms with E-state index < -0.39 is 43.0 Å². The topological polar surface area (TPSA) is 162 Å². The Morgan fingerprint density at radius 1 is 1.15 bits per heavy atom. The van der Waals surface area contributed by atoms with Crippen LogP contribution in [0.5, 0.6) is 0 Å². The molecular formula is C20H36ClN3O9. The number of aliphatic hydroxyl groups is 4. The number of carbonyl (C=O) groups excluding carboxylic acids is 1. The maximum atomic E-state index is 12.9. The Morgan fingerprint density at radius 2 is 1.85 bits per heavy atom. The van der Waals surface area contributed by atoms with Crippen molar-refractivity contribution in [3.05, 3.63) is 4.91 Å². The molecule has 12 nitrogen and oxygen atoms in total. The molecule has 6 atom stereocenters. The van der Waals surface area contributed by atoms with E-state index in [-0.39, 0.29) is 31.7 Å². The van der Waals surface area contributed by atoms with Crippen molar-refractivity contribution < 1.29 is 39.4 Å². The lowest BCUT2D eigenvalue weighted by atomic mass is 9.95. The van der Waals surface area contributed by atoms with Gasteiger partial charge < -0.3 is 34.6 Å². The fourth-order valence-corrected chi connectivity index (χ4v) is 4.18. The molecule has 1 unspecified atom stereocenters. The fraction of sp³-hybridized carbons (Fsp3) is 0.950. The molecular weight excluding hydrogens is 462 g/mol. The van der Waals surface area contributed by atoms with E-state index in [1.54, 1.807) is 0 Å². The van der Waals surface area contributed by atoms with Gasteiger partial charge in [-0.3, -0.25) is 4.90 Å². The Hall–Kier alpha value is -1.12. The number of aliphatic hydroxyl groups excluding tert-OH is 4. The molecule has 0 aromatic rings. The predicted molar refractivity (Wildman–Crippen MR) is 117 cm³/mol. The van der Waals surface area contributed by atoms with Crippen LogP contribution in [0.25, 0.3) is 0 Å². The summed E-state index contributed by atoms with van der Waals surface area (Å²) in [5.74, 6) is -0.0644. The van der Waals surface area contributed by atoms with Crippen molar-refractivity contribution in [2.45, 2.75) is 88.5 Å². The van der Waals surface area contributed by atoms with Crippen LogP contribution in [-0.4, -0.2) is 112 Å². The molecule has 0 aromatic carbocycles. The van der Waals surface area contributed by atoms with Crippen LogP contribution in [0, 0.1) is 4.91 Å². The van der Waals surface area contributed by atoms with Gasteiger partial charge in [-0.2, -0.15) is 5.01 Å². The van der Waals surface area contributed by atoms with Crippen LogP contribution in [0.3, 0.4) is 0 Å². The summed E-state index contributed by atoms with van der Waals surface area (Å²) in [6.45, 7) is 2.29. The Labute approximate surface area is 198 Å². The third-order valence-electron chi connectivity index (χ3n) is 5.85. The third-order valence-corrected chi connectivity index (χ3v) is 6.02. The van der Waals surface area contributed by atoms with E-state index >= 15 is 0 Å². The van der Waals surface area contributed by atoms with Gasteiger partial charge in [-0.25, -0.2) is 4.79 Å². The minimum atomic E-state index is -1.78. The molecule has 2 rings (SSSR count). The first-order chi connectivity index (χ1) is 15.8. The molecule has 1 saturated carbocycles. The number of halogens is 1. The first kappa shape index (κ1) is 28.1. The summed E-state index contributed by atoms with van der Waals surface area (Å²) in [6.07, 6.45) is -4.93. The van der Waals surface area contributed by atoms with E-state index in [9.17, 15) is 30.1 Å². The van der Waals surface area contributed by atoms with Crippen molar-refractivity contribution in [3.8, 4) is 0 Å². The second-order valence-electron chi connectivity index (χ2n) is 8.17. The van der Waals surface area contributed by atoms with Gasteiger partial charge in [0.15, 0.2) is 12.5 Å². The van der Waals surface area contributed by atoms with E-state index in [2.05, 4.69) is 5.29 Å². The van der Waals surface area contributed by atoms with E-state index in [0.29, 0.717) is 18.0 Å². The van der Waals surface area contributed by atoms with Gasteiger partial charge in [-0.05, 0) is 26.2 Å². The molecule has 1 aliphatic carbocycles. The largest absolute Gasteiger partial charge is 0.387 e. The number of ether oxygens (including phenoxy) is 3. The summed E-state index contributed by atoms with van der Waals surface area (Å²) >= 11 is 5.63. The highest BCUT2D eigenvalue weighted by Gasteiger charge is 2.49. The number of nitroso groups, excluding NO2 is 1. The first-order valence-electron chi connectivity index (χ1n) is 11.4. The van der Waals surface area contributed by atoms with Crippen LogP contribution in [0.15, 0.2) is 5.29 Å². The number of amides is 2. The first-order valence-corrected chi connectivity index (χ1v) is 12.0. The quantitative estimate of drug-likeness (QED) is 0.0990. The normalized spacial score (nSPS) is 29.5. The van der Waals surface area contributed by atoms with Crippen molar-refractivity contribution in [2.75, 3.05) is 32.2 Å². The summed E-state index contributed by atoms with van der Waals surface area (Å²) < 4.78 is 16.8. The number of rotatable bonds is 12. The number of urea groups is 1. The molecule has 2 fully saturated rings. The summed E-state index contributed by atoms with van der Waals surface area (Å²) in [5, 5.41) is 45.5. The van der Waals surface area contributed by atoms with Gasteiger partial charge in [0, 0.05) is 25.6 Å². The maximum Gasteiger partial charge on any atom is 0.345 e. The number of nitrogens with zero attached hydrogens (tertiary/aromatic N) is 3. The molecule has 1 aliphatic heterocycles. The highest BCUT2D eigenvalue weighted by atomic mass is 35.5. The van der Waals surface area contributed by atoms with Crippen molar-refractivity contribution in [2.24, 2.45) is 5.29 Å². The average Bonchev–Trinajstić information content (AvgIpc) is 2.82. The molecule has 192 valence electrons. The lowest BCUT2D eigenvalue weighted by molar-refractivity contribution is -0.328. The molecule has 1 saturated heterocycles. The van der Waals surface area contributed by atoms with Crippen LogP contribution in [-0.2, 0) is 14.2 Å². The van der Waals surface area contributed by atoms with Gasteiger partial charge in [0.2, 0.25) is 0 Å². The molecule has 2 amide bonds. The lowest BCUT2D eigenvalue weighted by Gasteiger charge is -2.45. The second kappa shape index (κ2) is 14.3. The van der Waals surface area contributed by atoms with Crippen molar-refractivity contribution in [3.63, 3.8) is 0 Å². The van der Waals surface area contributed by atoms with Crippen molar-refractivity contribution in [1.29, 1.82) is 0 Å². The molecule has 0 bridgehead atoms. The molecule has 1 heterocycles. The smallest absolute Gasteiger partial charge is 0.345 e. The van der Waals surface area contributed by atoms with Gasteiger partial charge in [0.25, 0.3) is 0 Å². The molecule has 2 aliphatic rings. The molecule has 13 heteroatoms. The number of carbonyl (C=O) groups is 1. The summed E-state index contributed by atoms with van der Waals surface area (Å²) in [6, 6.07) is -0.948. The van der Waals surface area contributed by atoms with Crippen LogP contribution in [0.1, 0.15) is 45.4 Å². The van der Waals surface area contributed by atoms with Crippen LogP contribution in [0.4, 0.5) is 4.79 Å². The van der Waals surface area contributed by atoms with Crippen LogP contribution >= 0.6 is 11.6 Å². The molecule has 0 spiro atoms. The van der Waals surface area contributed by atoms with E-state index in [4.69, 9.17) is 25.8 Å². The van der Waals surface area contributed by atoms with Crippen molar-refractivity contribution >= 4 is 17.6 Å². The zero-order valence-electron chi connectivity index (χ0n) is 18.9. The third kappa shape index (κ3) is 7.69. The Balaban J connectivity index is 2.18. The van der Waals surface area contributed by atoms with Crippen molar-refractivity contribution in [1.82, 2.24) is 9.91 Å². The maximum absolute atomic E-state index is 12.9. The fourth-order valence-electron chi connectivity index (χ4n) is 4.02. The Morgan fingerprint density at radius 3 is 2.45 bits per heavy atom. The monoisotopic (exact) mass is 497 g/mol. The Bertz CT molecular complexity index is 599. The average molecular weight is 498 g/mol. The second-order valence-corrected chi connectivity index (χ2v) is 8.55. The molecule has 0 radical (unpaired) electrons. The van der Waals surface area contributed by atoms with Gasteiger partial charge >= 0.3 is 6.03 Å². The summed E-state index contributed by atoms with van der Waals surface area (Å²) in [7, 11) is 0. The highest BCUT2D eigenvalue weighted by Crippen LogP contribution is 2.29. The highest BCUT2D eigenvalue weighted by molar-refractivity contribution is 6.18. The minimum Gasteiger partial charge on any atom is -0.387 e. The van der Waals surface area contributed by atoms with Gasteiger partial charge in [-0.1, -0.05) is 19.3 Å².